The van der Waals surface area contributed by atoms with Crippen LogP contribution in [0.5, 0.6) is 5.75 Å². The lowest BCUT2D eigenvalue weighted by molar-refractivity contribution is -0.131. The van der Waals surface area contributed by atoms with Gasteiger partial charge in [0, 0.05) is 16.1 Å². The fraction of sp³-hybridized carbons (Fsp3) is 0.308. The van der Waals surface area contributed by atoms with Gasteiger partial charge in [0.15, 0.2) is 0 Å². The number of benzene rings is 1. The molecule has 0 fully saturated rings. The van der Waals surface area contributed by atoms with E-state index in [-0.39, 0.29) is 0 Å². The van der Waals surface area contributed by atoms with Gasteiger partial charge in [0.2, 0.25) is 0 Å². The monoisotopic (exact) mass is 376 g/mol. The maximum atomic E-state index is 10.6. The first-order chi connectivity index (χ1) is 8.54. The molecule has 0 aliphatic heterocycles. The van der Waals surface area contributed by atoms with Gasteiger partial charge in [-0.05, 0) is 40.6 Å². The number of halogens is 2. The third-order valence-corrected chi connectivity index (χ3v) is 3.23. The van der Waals surface area contributed by atoms with Crippen LogP contribution >= 0.6 is 31.9 Å². The second kappa shape index (κ2) is 7.59. The van der Waals surface area contributed by atoms with E-state index in [2.05, 4.69) is 38.8 Å². The first-order valence-electron chi connectivity index (χ1n) is 5.57. The second-order valence-corrected chi connectivity index (χ2v) is 5.45. The number of carbonyl (C=O) groups is 1. The first kappa shape index (κ1) is 15.2. The summed E-state index contributed by atoms with van der Waals surface area (Å²) in [6.45, 7) is 2.70. The van der Waals surface area contributed by atoms with E-state index in [1.807, 2.05) is 12.1 Å². The number of hydrogen-bond donors (Lipinski definition) is 1. The first-order valence-corrected chi connectivity index (χ1v) is 7.16. The van der Waals surface area contributed by atoms with Crippen LogP contribution in [0, 0.1) is 0 Å². The summed E-state index contributed by atoms with van der Waals surface area (Å²) in [4.78, 5) is 10.6. The van der Waals surface area contributed by atoms with E-state index in [1.54, 1.807) is 0 Å². The summed E-state index contributed by atoms with van der Waals surface area (Å²) in [6, 6.07) is 3.70. The average molecular weight is 378 g/mol. The molecule has 18 heavy (non-hydrogen) atoms. The van der Waals surface area contributed by atoms with Gasteiger partial charge in [-0.3, -0.25) is 0 Å². The molecule has 5 heteroatoms. The number of aliphatic carboxylic acids is 1. The zero-order valence-electron chi connectivity index (χ0n) is 9.95. The highest BCUT2D eigenvalue weighted by Gasteiger charge is 2.08. The predicted molar refractivity (Wildman–Crippen MR) is 78.9 cm³/mol. The number of ether oxygens (including phenoxy) is 1. The number of unbranched alkanes of at least 4 members (excludes halogenated alkanes) is 1. The van der Waals surface area contributed by atoms with Gasteiger partial charge in [-0.15, -0.1) is 0 Å². The van der Waals surface area contributed by atoms with Crippen molar-refractivity contribution < 1.29 is 14.6 Å². The molecule has 0 unspecified atom stereocenters. The van der Waals surface area contributed by atoms with Gasteiger partial charge in [0.1, 0.15) is 5.75 Å². The van der Waals surface area contributed by atoms with Crippen molar-refractivity contribution in [1.29, 1.82) is 0 Å². The van der Waals surface area contributed by atoms with Crippen molar-refractivity contribution in [3.63, 3.8) is 0 Å². The van der Waals surface area contributed by atoms with Gasteiger partial charge in [-0.2, -0.15) is 0 Å². The molecule has 1 aromatic rings. The maximum absolute atomic E-state index is 10.6. The number of rotatable bonds is 6. The Hall–Kier alpha value is -0.810. The summed E-state index contributed by atoms with van der Waals surface area (Å²) >= 11 is 6.79. The van der Waals surface area contributed by atoms with Crippen molar-refractivity contribution in [2.45, 2.75) is 19.8 Å². The minimum absolute atomic E-state index is 0.616. The molecule has 1 rings (SSSR count). The van der Waals surface area contributed by atoms with Crippen LogP contribution in [-0.2, 0) is 4.79 Å². The Morgan fingerprint density at radius 3 is 2.78 bits per heavy atom. The van der Waals surface area contributed by atoms with Crippen LogP contribution in [0.1, 0.15) is 25.3 Å². The van der Waals surface area contributed by atoms with Crippen LogP contribution in [0.25, 0.3) is 6.08 Å². The van der Waals surface area contributed by atoms with Crippen LogP contribution in [0.2, 0.25) is 0 Å². The Kier molecular flexibility index (Phi) is 6.43. The molecule has 98 valence electrons. The van der Waals surface area contributed by atoms with Gasteiger partial charge < -0.3 is 9.84 Å². The third-order valence-electron chi connectivity index (χ3n) is 2.19. The molecule has 0 aliphatic carbocycles. The van der Waals surface area contributed by atoms with Crippen molar-refractivity contribution >= 4 is 43.9 Å². The van der Waals surface area contributed by atoms with Gasteiger partial charge in [0.05, 0.1) is 11.1 Å². The highest BCUT2D eigenvalue weighted by Crippen LogP contribution is 2.34. The highest BCUT2D eigenvalue weighted by molar-refractivity contribution is 9.11. The highest BCUT2D eigenvalue weighted by atomic mass is 79.9. The van der Waals surface area contributed by atoms with E-state index in [9.17, 15) is 4.79 Å². The Bertz CT molecular complexity index is 456. The summed E-state index contributed by atoms with van der Waals surface area (Å²) in [5.74, 6) is -0.310. The number of carboxylic acid groups (broad SMARTS) is 1. The predicted octanol–water partition coefficient (Wildman–Crippen LogP) is 4.49. The third kappa shape index (κ3) is 4.82. The molecule has 0 heterocycles. The SMILES string of the molecule is CCCCOc1c(Br)cc(Br)cc1/C=C/C(=O)O. The lowest BCUT2D eigenvalue weighted by atomic mass is 10.2. The van der Waals surface area contributed by atoms with Crippen LogP contribution in [-0.4, -0.2) is 17.7 Å². The molecule has 0 saturated carbocycles. The number of hydrogen-bond acceptors (Lipinski definition) is 2. The van der Waals surface area contributed by atoms with E-state index >= 15 is 0 Å². The Morgan fingerprint density at radius 1 is 1.44 bits per heavy atom. The molecule has 0 bridgehead atoms. The smallest absolute Gasteiger partial charge is 0.328 e. The summed E-state index contributed by atoms with van der Waals surface area (Å²) in [5.41, 5.74) is 0.731. The molecule has 0 saturated heterocycles. The minimum atomic E-state index is -0.981. The fourth-order valence-corrected chi connectivity index (χ4v) is 2.71. The molecule has 3 nitrogen and oxygen atoms in total. The van der Waals surface area contributed by atoms with Crippen molar-refractivity contribution in [2.75, 3.05) is 6.61 Å². The Morgan fingerprint density at radius 2 is 2.17 bits per heavy atom. The molecule has 0 aromatic heterocycles. The summed E-state index contributed by atoms with van der Waals surface area (Å²) in [6.07, 6.45) is 4.64. The molecule has 1 N–H and O–H groups in total. The molecular weight excluding hydrogens is 364 g/mol. The lowest BCUT2D eigenvalue weighted by Crippen LogP contribution is -1.99. The fourth-order valence-electron chi connectivity index (χ4n) is 1.34. The molecule has 0 radical (unpaired) electrons. The van der Waals surface area contributed by atoms with E-state index in [1.165, 1.54) is 6.08 Å². The second-order valence-electron chi connectivity index (χ2n) is 3.68. The average Bonchev–Trinajstić information content (AvgIpc) is 2.29. The van der Waals surface area contributed by atoms with Crippen LogP contribution in [0.15, 0.2) is 27.2 Å². The van der Waals surface area contributed by atoms with Gasteiger partial charge in [-0.1, -0.05) is 29.3 Å². The summed E-state index contributed by atoms with van der Waals surface area (Å²) < 4.78 is 7.35. The molecule has 0 spiro atoms. The quantitative estimate of drug-likeness (QED) is 0.586. The molecule has 0 amide bonds. The van der Waals surface area contributed by atoms with Crippen molar-refractivity contribution in [3.8, 4) is 5.75 Å². The molecule has 0 atom stereocenters. The topological polar surface area (TPSA) is 46.5 Å². The standard InChI is InChI=1S/C13H14Br2O3/c1-2-3-6-18-13-9(4-5-12(16)17)7-10(14)8-11(13)15/h4-5,7-8H,2-3,6H2,1H3,(H,16,17)/b5-4+. The van der Waals surface area contributed by atoms with Crippen LogP contribution in [0.4, 0.5) is 0 Å². The van der Waals surface area contributed by atoms with E-state index in [0.29, 0.717) is 12.4 Å². The van der Waals surface area contributed by atoms with Gasteiger partial charge >= 0.3 is 5.97 Å². The van der Waals surface area contributed by atoms with Crippen molar-refractivity contribution in [1.82, 2.24) is 0 Å². The minimum Gasteiger partial charge on any atom is -0.492 e. The zero-order chi connectivity index (χ0) is 13.5. The van der Waals surface area contributed by atoms with Crippen LogP contribution < -0.4 is 4.74 Å². The lowest BCUT2D eigenvalue weighted by Gasteiger charge is -2.11. The molecule has 0 aliphatic rings. The number of carboxylic acids is 1. The Labute approximate surface area is 123 Å². The maximum Gasteiger partial charge on any atom is 0.328 e. The largest absolute Gasteiger partial charge is 0.492 e. The van der Waals surface area contributed by atoms with Gasteiger partial charge in [-0.25, -0.2) is 4.79 Å². The van der Waals surface area contributed by atoms with Crippen LogP contribution in [0.3, 0.4) is 0 Å². The summed E-state index contributed by atoms with van der Waals surface area (Å²) in [5, 5.41) is 8.67. The van der Waals surface area contributed by atoms with E-state index in [4.69, 9.17) is 9.84 Å². The normalized spacial score (nSPS) is 10.8. The van der Waals surface area contributed by atoms with Crippen molar-refractivity contribution in [2.24, 2.45) is 0 Å². The Balaban J connectivity index is 3.00. The summed E-state index contributed by atoms with van der Waals surface area (Å²) in [7, 11) is 0. The molecule has 1 aromatic carbocycles. The van der Waals surface area contributed by atoms with Gasteiger partial charge in [0.25, 0.3) is 0 Å². The van der Waals surface area contributed by atoms with Crippen molar-refractivity contribution in [3.05, 3.63) is 32.7 Å². The van der Waals surface area contributed by atoms with E-state index in [0.717, 1.165) is 33.4 Å². The van der Waals surface area contributed by atoms with E-state index < -0.39 is 5.97 Å². The molecular formula is C13H14Br2O3. The zero-order valence-corrected chi connectivity index (χ0v) is 13.1.